The fraction of sp³-hybridized carbons (Fsp3) is 0.667. The third kappa shape index (κ3) is 4.32. The first-order valence-corrected chi connectivity index (χ1v) is 6.74. The molecule has 0 aromatic carbocycles. The van der Waals surface area contributed by atoms with Gasteiger partial charge in [0, 0.05) is 35.4 Å². The minimum atomic E-state index is -1.46. The molecule has 3 N–H and O–H groups in total. The molecule has 1 rings (SSSR count). The smallest absolute Gasteiger partial charge is 0.326 e. The molecule has 1 unspecified atom stereocenters. The molecule has 1 atom stereocenters. The van der Waals surface area contributed by atoms with Crippen molar-refractivity contribution in [3.05, 3.63) is 0 Å². The summed E-state index contributed by atoms with van der Waals surface area (Å²) in [4.78, 5) is 34.2. The van der Waals surface area contributed by atoms with Gasteiger partial charge in [-0.2, -0.15) is 0 Å². The van der Waals surface area contributed by atoms with Gasteiger partial charge in [-0.05, 0) is 0 Å². The van der Waals surface area contributed by atoms with Crippen molar-refractivity contribution in [1.29, 1.82) is 0 Å². The lowest BCUT2D eigenvalue weighted by Crippen LogP contribution is -2.52. The Labute approximate surface area is 105 Å². The Morgan fingerprint density at radius 1 is 1.22 bits per heavy atom. The van der Waals surface area contributed by atoms with Crippen LogP contribution >= 0.6 is 0 Å². The average molecular weight is 278 g/mol. The molecule has 102 valence electrons. The van der Waals surface area contributed by atoms with Crippen LogP contribution in [-0.2, 0) is 20.4 Å². The lowest BCUT2D eigenvalue weighted by atomic mass is 10.2. The largest absolute Gasteiger partial charge is 0.481 e. The summed E-state index contributed by atoms with van der Waals surface area (Å²) >= 11 is 0. The van der Waals surface area contributed by atoms with E-state index in [1.807, 2.05) is 0 Å². The number of carbonyl (C=O) groups is 3. The monoisotopic (exact) mass is 278 g/mol. The van der Waals surface area contributed by atoms with E-state index in [2.05, 4.69) is 5.32 Å². The van der Waals surface area contributed by atoms with E-state index >= 15 is 0 Å². The summed E-state index contributed by atoms with van der Waals surface area (Å²) in [6, 6.07) is -2.09. The fourth-order valence-electron chi connectivity index (χ4n) is 1.46. The van der Waals surface area contributed by atoms with Crippen molar-refractivity contribution in [2.75, 3.05) is 24.6 Å². The minimum absolute atomic E-state index is 0.276. The first kappa shape index (κ1) is 14.4. The van der Waals surface area contributed by atoms with Gasteiger partial charge in [0.1, 0.15) is 6.04 Å². The molecule has 0 spiro atoms. The average Bonchev–Trinajstić information content (AvgIpc) is 2.28. The second-order valence-corrected chi connectivity index (χ2v) is 5.47. The maximum Gasteiger partial charge on any atom is 0.326 e. The summed E-state index contributed by atoms with van der Waals surface area (Å²) in [5.74, 6) is -2.00. The third-order valence-corrected chi connectivity index (χ3v) is 3.72. The number of hydrogen-bond donors (Lipinski definition) is 3. The van der Waals surface area contributed by atoms with Gasteiger partial charge >= 0.3 is 18.0 Å². The van der Waals surface area contributed by atoms with Gasteiger partial charge in [-0.25, -0.2) is 9.59 Å². The fourth-order valence-corrected chi connectivity index (χ4v) is 2.51. The normalized spacial score (nSPS) is 18.1. The Morgan fingerprint density at radius 3 is 2.22 bits per heavy atom. The lowest BCUT2D eigenvalue weighted by molar-refractivity contribution is -0.145. The Bertz CT molecular complexity index is 375. The van der Waals surface area contributed by atoms with Crippen molar-refractivity contribution < 1.29 is 28.8 Å². The zero-order chi connectivity index (χ0) is 13.7. The van der Waals surface area contributed by atoms with Gasteiger partial charge in [0.25, 0.3) is 0 Å². The van der Waals surface area contributed by atoms with Gasteiger partial charge in [0.15, 0.2) is 0 Å². The number of hydrogen-bond acceptors (Lipinski definition) is 4. The number of urea groups is 1. The van der Waals surface area contributed by atoms with E-state index in [1.165, 1.54) is 4.90 Å². The van der Waals surface area contributed by atoms with Gasteiger partial charge in [-0.15, -0.1) is 0 Å². The predicted molar refractivity (Wildman–Crippen MR) is 61.7 cm³/mol. The number of amides is 2. The highest BCUT2D eigenvalue weighted by Crippen LogP contribution is 2.02. The van der Waals surface area contributed by atoms with Crippen LogP contribution in [0, 0.1) is 0 Å². The maximum atomic E-state index is 11.7. The zero-order valence-electron chi connectivity index (χ0n) is 9.50. The van der Waals surface area contributed by atoms with Crippen LogP contribution in [-0.4, -0.2) is 67.9 Å². The van der Waals surface area contributed by atoms with Crippen LogP contribution in [0.3, 0.4) is 0 Å². The molecule has 0 bridgehead atoms. The van der Waals surface area contributed by atoms with Crippen molar-refractivity contribution >= 4 is 28.8 Å². The number of rotatable bonds is 4. The molecule has 0 aromatic heterocycles. The molecule has 9 heteroatoms. The van der Waals surface area contributed by atoms with Gasteiger partial charge in [-0.1, -0.05) is 0 Å². The summed E-state index contributed by atoms with van der Waals surface area (Å²) in [6.45, 7) is 0.551. The summed E-state index contributed by atoms with van der Waals surface area (Å²) in [7, 11) is -0.940. The molecule has 0 aliphatic carbocycles. The van der Waals surface area contributed by atoms with E-state index < -0.39 is 41.2 Å². The van der Waals surface area contributed by atoms with Crippen LogP contribution in [0.15, 0.2) is 0 Å². The summed E-state index contributed by atoms with van der Waals surface area (Å²) in [6.07, 6.45) is -0.680. The first-order chi connectivity index (χ1) is 8.40. The SMILES string of the molecule is O=C(O)CC(NC(=O)N1CCS(=O)CC1)C(=O)O. The summed E-state index contributed by atoms with van der Waals surface area (Å²) in [5.41, 5.74) is 0. The van der Waals surface area contributed by atoms with E-state index in [9.17, 15) is 18.6 Å². The van der Waals surface area contributed by atoms with Crippen LogP contribution in [0.1, 0.15) is 6.42 Å². The van der Waals surface area contributed by atoms with E-state index in [0.29, 0.717) is 11.5 Å². The van der Waals surface area contributed by atoms with Crippen LogP contribution in [0.25, 0.3) is 0 Å². The summed E-state index contributed by atoms with van der Waals surface area (Å²) < 4.78 is 11.1. The standard InChI is InChI=1S/C9H14N2O6S/c12-7(13)5-6(8(14)15)10-9(16)11-1-3-18(17)4-2-11/h6H,1-5H2,(H,10,16)(H,12,13)(H,14,15). The number of carboxylic acids is 2. The molecule has 1 saturated heterocycles. The molecule has 1 heterocycles. The van der Waals surface area contributed by atoms with Gasteiger partial charge in [0.05, 0.1) is 6.42 Å². The van der Waals surface area contributed by atoms with Crippen LogP contribution < -0.4 is 5.32 Å². The van der Waals surface area contributed by atoms with Gasteiger partial charge in [-0.3, -0.25) is 9.00 Å². The van der Waals surface area contributed by atoms with Crippen molar-refractivity contribution in [3.8, 4) is 0 Å². The van der Waals surface area contributed by atoms with Crippen molar-refractivity contribution in [2.45, 2.75) is 12.5 Å². The molecular formula is C9H14N2O6S. The molecule has 0 aromatic rings. The molecule has 18 heavy (non-hydrogen) atoms. The van der Waals surface area contributed by atoms with E-state index in [4.69, 9.17) is 10.2 Å². The van der Waals surface area contributed by atoms with Crippen molar-refractivity contribution in [3.63, 3.8) is 0 Å². The highest BCUT2D eigenvalue weighted by atomic mass is 32.2. The molecule has 0 radical (unpaired) electrons. The predicted octanol–water partition coefficient (Wildman–Crippen LogP) is -1.31. The number of carbonyl (C=O) groups excluding carboxylic acids is 1. The molecule has 1 fully saturated rings. The number of nitrogens with zero attached hydrogens (tertiary/aromatic N) is 1. The number of nitrogens with one attached hydrogen (secondary N) is 1. The minimum Gasteiger partial charge on any atom is -0.481 e. The van der Waals surface area contributed by atoms with Crippen molar-refractivity contribution in [1.82, 2.24) is 10.2 Å². The molecular weight excluding hydrogens is 264 g/mol. The quantitative estimate of drug-likeness (QED) is 0.586. The zero-order valence-corrected chi connectivity index (χ0v) is 10.3. The maximum absolute atomic E-state index is 11.7. The molecule has 2 amide bonds. The third-order valence-electron chi connectivity index (χ3n) is 2.44. The second-order valence-electron chi connectivity index (χ2n) is 3.77. The molecule has 1 aliphatic heterocycles. The molecule has 0 saturated carbocycles. The Balaban J connectivity index is 2.53. The highest BCUT2D eigenvalue weighted by Gasteiger charge is 2.27. The van der Waals surface area contributed by atoms with Crippen molar-refractivity contribution in [2.24, 2.45) is 0 Å². The molecule has 1 aliphatic rings. The van der Waals surface area contributed by atoms with Crippen LogP contribution in [0.5, 0.6) is 0 Å². The second kappa shape index (κ2) is 6.34. The number of aliphatic carboxylic acids is 2. The Kier molecular flexibility index (Phi) is 5.08. The highest BCUT2D eigenvalue weighted by molar-refractivity contribution is 7.85. The Morgan fingerprint density at radius 2 is 1.78 bits per heavy atom. The van der Waals surface area contributed by atoms with Gasteiger partial charge < -0.3 is 20.4 Å². The Hall–Kier alpha value is -1.64. The first-order valence-electron chi connectivity index (χ1n) is 5.25. The summed E-state index contributed by atoms with van der Waals surface area (Å²) in [5, 5.41) is 19.4. The van der Waals surface area contributed by atoms with E-state index in [1.54, 1.807) is 0 Å². The van der Waals surface area contributed by atoms with Crippen LogP contribution in [0.4, 0.5) is 4.79 Å². The lowest BCUT2D eigenvalue weighted by Gasteiger charge is -2.27. The van der Waals surface area contributed by atoms with Crippen LogP contribution in [0.2, 0.25) is 0 Å². The number of carboxylic acid groups (broad SMARTS) is 2. The van der Waals surface area contributed by atoms with E-state index in [-0.39, 0.29) is 13.1 Å². The molecule has 8 nitrogen and oxygen atoms in total. The topological polar surface area (TPSA) is 124 Å². The van der Waals surface area contributed by atoms with E-state index in [0.717, 1.165) is 0 Å². The van der Waals surface area contributed by atoms with Gasteiger partial charge in [0.2, 0.25) is 0 Å².